The average molecular weight is 235 g/mol. The quantitative estimate of drug-likeness (QED) is 0.733. The van der Waals surface area contributed by atoms with Crippen molar-refractivity contribution in [3.05, 3.63) is 0 Å². The molecule has 0 aliphatic rings. The fraction of sp³-hybridized carbons (Fsp3) is 0.909. The highest BCUT2D eigenvalue weighted by atomic mass is 32.2. The number of carbonyl (C=O) groups is 1. The Labute approximate surface area is 97.0 Å². The first-order valence-corrected chi connectivity index (χ1v) is 7.27. The summed E-state index contributed by atoms with van der Waals surface area (Å²) in [6.45, 7) is 6.42. The summed E-state index contributed by atoms with van der Waals surface area (Å²) in [6.07, 6.45) is 4.62. The number of hydrogen-bond donors (Lipinski definition) is 1. The molecule has 0 aliphatic heterocycles. The lowest BCUT2D eigenvalue weighted by Crippen LogP contribution is -2.37. The van der Waals surface area contributed by atoms with Gasteiger partial charge in [0.15, 0.2) is 0 Å². The van der Waals surface area contributed by atoms with Crippen molar-refractivity contribution in [3.63, 3.8) is 0 Å². The Morgan fingerprint density at radius 2 is 2.00 bits per heavy atom. The predicted molar refractivity (Wildman–Crippen MR) is 67.3 cm³/mol. The Balaban J connectivity index is 0. The lowest BCUT2D eigenvalue weighted by Gasteiger charge is -2.17. The van der Waals surface area contributed by atoms with Gasteiger partial charge < -0.3 is 5.32 Å². The van der Waals surface area contributed by atoms with E-state index in [9.17, 15) is 9.00 Å². The molecule has 0 spiro atoms. The molecule has 0 radical (unpaired) electrons. The van der Waals surface area contributed by atoms with E-state index in [0.29, 0.717) is 5.92 Å². The second kappa shape index (κ2) is 7.85. The second-order valence-corrected chi connectivity index (χ2v) is 5.80. The molecule has 0 rings (SSSR count). The summed E-state index contributed by atoms with van der Waals surface area (Å²) in [7, 11) is -1.04. The molecule has 0 fully saturated rings. The van der Waals surface area contributed by atoms with Crippen LogP contribution in [0.25, 0.3) is 0 Å². The monoisotopic (exact) mass is 235 g/mol. The van der Waals surface area contributed by atoms with Gasteiger partial charge in [-0.25, -0.2) is 0 Å². The van der Waals surface area contributed by atoms with Crippen LogP contribution >= 0.6 is 0 Å². The van der Waals surface area contributed by atoms with Crippen LogP contribution in [-0.2, 0) is 15.6 Å². The molecule has 1 amide bonds. The Morgan fingerprint density at radius 3 is 2.40 bits per heavy atom. The Kier molecular flexibility index (Phi) is 7.65. The summed E-state index contributed by atoms with van der Waals surface area (Å²) in [6, 6.07) is 0.239. The zero-order valence-corrected chi connectivity index (χ0v) is 11.0. The zero-order valence-electron chi connectivity index (χ0n) is 10.2. The minimum atomic E-state index is -1.04. The van der Waals surface area contributed by atoms with Crippen molar-refractivity contribution in [3.8, 4) is 0 Å². The third-order valence-electron chi connectivity index (χ3n) is 2.28. The van der Waals surface area contributed by atoms with Crippen molar-refractivity contribution in [2.75, 3.05) is 12.0 Å². The highest BCUT2D eigenvalue weighted by Gasteiger charge is 2.11. The van der Waals surface area contributed by atoms with Gasteiger partial charge in [-0.05, 0) is 25.2 Å². The number of amides is 1. The van der Waals surface area contributed by atoms with Gasteiger partial charge in [-0.15, -0.1) is 0 Å². The summed E-state index contributed by atoms with van der Waals surface area (Å²) in [5, 5.41) is 2.92. The van der Waals surface area contributed by atoms with E-state index in [2.05, 4.69) is 26.1 Å². The van der Waals surface area contributed by atoms with Gasteiger partial charge in [0.25, 0.3) is 0 Å². The first-order valence-electron chi connectivity index (χ1n) is 5.55. The number of carbonyl (C=O) groups excluding carboxylic acids is 1. The molecule has 0 bridgehead atoms. The largest absolute Gasteiger partial charge is 0.353 e. The molecule has 0 saturated heterocycles. The van der Waals surface area contributed by atoms with Crippen molar-refractivity contribution < 1.29 is 10.4 Å². The van der Waals surface area contributed by atoms with Crippen LogP contribution in [0.4, 0.5) is 0 Å². The van der Waals surface area contributed by atoms with E-state index in [0.717, 1.165) is 19.3 Å². The molecule has 15 heavy (non-hydrogen) atoms. The third kappa shape index (κ3) is 8.60. The minimum absolute atomic E-state index is 0. The van der Waals surface area contributed by atoms with Crippen LogP contribution in [-0.4, -0.2) is 28.2 Å². The van der Waals surface area contributed by atoms with E-state index in [-0.39, 0.29) is 19.1 Å². The standard InChI is InChI=1S/C11H23NO2S.H2/c1-5-10(7-6-9(2)3)12-11(13)8-15(4)14;/h9-10H,5-8H2,1-4H3,(H,12,13);1H. The molecule has 2 unspecified atom stereocenters. The molecule has 0 aromatic carbocycles. The normalized spacial score (nSPS) is 15.0. The van der Waals surface area contributed by atoms with Gasteiger partial charge in [0, 0.05) is 24.5 Å². The Hall–Kier alpha value is -0.380. The average Bonchev–Trinajstić information content (AvgIpc) is 2.10. The van der Waals surface area contributed by atoms with Crippen LogP contribution in [0, 0.1) is 5.92 Å². The minimum Gasteiger partial charge on any atom is -0.353 e. The molecule has 4 heteroatoms. The molecular formula is C11H25NO2S. The van der Waals surface area contributed by atoms with Crippen molar-refractivity contribution in [2.45, 2.75) is 46.1 Å². The molecule has 92 valence electrons. The van der Waals surface area contributed by atoms with Gasteiger partial charge in [0.1, 0.15) is 5.75 Å². The molecule has 2 atom stereocenters. The smallest absolute Gasteiger partial charge is 0.232 e. The molecule has 0 aliphatic carbocycles. The third-order valence-corrected chi connectivity index (χ3v) is 2.95. The van der Waals surface area contributed by atoms with Gasteiger partial charge in [-0.3, -0.25) is 9.00 Å². The van der Waals surface area contributed by atoms with Gasteiger partial charge in [0.05, 0.1) is 0 Å². The van der Waals surface area contributed by atoms with Crippen molar-refractivity contribution >= 4 is 16.7 Å². The molecule has 1 N–H and O–H groups in total. The van der Waals surface area contributed by atoms with Crippen LogP contribution in [0.2, 0.25) is 0 Å². The summed E-state index contributed by atoms with van der Waals surface area (Å²) in [5.74, 6) is 0.695. The maximum Gasteiger partial charge on any atom is 0.232 e. The predicted octanol–water partition coefficient (Wildman–Crippen LogP) is 1.94. The highest BCUT2D eigenvalue weighted by Crippen LogP contribution is 2.08. The number of hydrogen-bond acceptors (Lipinski definition) is 2. The summed E-state index contributed by atoms with van der Waals surface area (Å²) >= 11 is 0. The molecule has 0 aromatic heterocycles. The lowest BCUT2D eigenvalue weighted by molar-refractivity contribution is -0.119. The molecule has 3 nitrogen and oxygen atoms in total. The first-order chi connectivity index (χ1) is 6.95. The SMILES string of the molecule is CCC(CCC(C)C)NC(=O)CS(C)=O.[HH]. The van der Waals surface area contributed by atoms with E-state index in [1.54, 1.807) is 6.26 Å². The van der Waals surface area contributed by atoms with Crippen LogP contribution < -0.4 is 5.32 Å². The number of nitrogens with one attached hydrogen (secondary N) is 1. The molecular weight excluding hydrogens is 210 g/mol. The topological polar surface area (TPSA) is 46.2 Å². The molecule has 0 saturated carbocycles. The fourth-order valence-corrected chi connectivity index (χ4v) is 1.82. The van der Waals surface area contributed by atoms with Gasteiger partial charge >= 0.3 is 0 Å². The van der Waals surface area contributed by atoms with Crippen molar-refractivity contribution in [1.82, 2.24) is 5.32 Å². The summed E-state index contributed by atoms with van der Waals surface area (Å²) < 4.78 is 10.8. The van der Waals surface area contributed by atoms with Crippen LogP contribution in [0.15, 0.2) is 0 Å². The van der Waals surface area contributed by atoms with E-state index < -0.39 is 10.8 Å². The zero-order chi connectivity index (χ0) is 11.8. The Bertz CT molecular complexity index is 222. The maximum absolute atomic E-state index is 11.4. The molecule has 0 aromatic rings. The van der Waals surface area contributed by atoms with Crippen LogP contribution in [0.3, 0.4) is 0 Å². The maximum atomic E-state index is 11.4. The van der Waals surface area contributed by atoms with Gasteiger partial charge in [-0.2, -0.15) is 0 Å². The summed E-state index contributed by atoms with van der Waals surface area (Å²) in [4.78, 5) is 11.4. The highest BCUT2D eigenvalue weighted by molar-refractivity contribution is 7.85. The van der Waals surface area contributed by atoms with Gasteiger partial charge in [0.2, 0.25) is 5.91 Å². The van der Waals surface area contributed by atoms with Gasteiger partial charge in [-0.1, -0.05) is 20.8 Å². The van der Waals surface area contributed by atoms with Crippen LogP contribution in [0.1, 0.15) is 41.5 Å². The number of rotatable bonds is 7. The van der Waals surface area contributed by atoms with Crippen molar-refractivity contribution in [2.24, 2.45) is 5.92 Å². The molecule has 0 heterocycles. The van der Waals surface area contributed by atoms with E-state index in [1.165, 1.54) is 0 Å². The van der Waals surface area contributed by atoms with E-state index >= 15 is 0 Å². The van der Waals surface area contributed by atoms with E-state index in [1.807, 2.05) is 0 Å². The second-order valence-electron chi connectivity index (χ2n) is 4.36. The van der Waals surface area contributed by atoms with E-state index in [4.69, 9.17) is 0 Å². The lowest BCUT2D eigenvalue weighted by atomic mass is 10.0. The fourth-order valence-electron chi connectivity index (χ4n) is 1.37. The Morgan fingerprint density at radius 1 is 1.40 bits per heavy atom. The first kappa shape index (κ1) is 14.6. The van der Waals surface area contributed by atoms with Crippen LogP contribution in [0.5, 0.6) is 0 Å². The summed E-state index contributed by atoms with van der Waals surface area (Å²) in [5.41, 5.74) is 0. The van der Waals surface area contributed by atoms with Crippen molar-refractivity contribution in [1.29, 1.82) is 0 Å².